The first-order valence-corrected chi connectivity index (χ1v) is 5.89. The minimum absolute atomic E-state index is 0.0669. The molecule has 87 valence electrons. The SMILES string of the molecule is CCCCC(O)C1C[CH]CCC1C(=O)O. The Balaban J connectivity index is 2.51. The lowest BCUT2D eigenvalue weighted by Crippen LogP contribution is -2.35. The van der Waals surface area contributed by atoms with Gasteiger partial charge < -0.3 is 10.2 Å². The van der Waals surface area contributed by atoms with Crippen LogP contribution in [0.3, 0.4) is 0 Å². The number of unbranched alkanes of at least 4 members (excludes halogenated alkanes) is 1. The van der Waals surface area contributed by atoms with Gasteiger partial charge in [-0.05, 0) is 38.0 Å². The summed E-state index contributed by atoms with van der Waals surface area (Å²) in [6.45, 7) is 2.08. The van der Waals surface area contributed by atoms with Gasteiger partial charge in [0.1, 0.15) is 0 Å². The number of aliphatic carboxylic acids is 1. The smallest absolute Gasteiger partial charge is 0.306 e. The number of hydrogen-bond acceptors (Lipinski definition) is 2. The number of aliphatic hydroxyl groups is 1. The molecule has 0 bridgehead atoms. The molecular weight excluding hydrogens is 192 g/mol. The van der Waals surface area contributed by atoms with E-state index >= 15 is 0 Å². The molecule has 3 nitrogen and oxygen atoms in total. The lowest BCUT2D eigenvalue weighted by atomic mass is 9.75. The molecule has 0 aromatic carbocycles. The highest BCUT2D eigenvalue weighted by molar-refractivity contribution is 5.70. The van der Waals surface area contributed by atoms with Crippen LogP contribution < -0.4 is 0 Å². The van der Waals surface area contributed by atoms with Crippen LogP contribution in [0.2, 0.25) is 0 Å². The van der Waals surface area contributed by atoms with Gasteiger partial charge in [0.15, 0.2) is 0 Å². The molecule has 15 heavy (non-hydrogen) atoms. The van der Waals surface area contributed by atoms with Gasteiger partial charge in [0, 0.05) is 0 Å². The van der Waals surface area contributed by atoms with Crippen LogP contribution in [-0.2, 0) is 4.79 Å². The van der Waals surface area contributed by atoms with Crippen LogP contribution in [0.15, 0.2) is 0 Å². The van der Waals surface area contributed by atoms with Crippen molar-refractivity contribution in [1.82, 2.24) is 0 Å². The third-order valence-electron chi connectivity index (χ3n) is 3.30. The zero-order valence-corrected chi connectivity index (χ0v) is 9.35. The van der Waals surface area contributed by atoms with Crippen molar-refractivity contribution in [1.29, 1.82) is 0 Å². The summed E-state index contributed by atoms with van der Waals surface area (Å²) in [5.41, 5.74) is 0. The van der Waals surface area contributed by atoms with E-state index in [1.54, 1.807) is 0 Å². The quantitative estimate of drug-likeness (QED) is 0.736. The van der Waals surface area contributed by atoms with Crippen LogP contribution in [0.25, 0.3) is 0 Å². The monoisotopic (exact) mass is 213 g/mol. The van der Waals surface area contributed by atoms with Crippen LogP contribution >= 0.6 is 0 Å². The van der Waals surface area contributed by atoms with E-state index < -0.39 is 12.1 Å². The Hall–Kier alpha value is -0.570. The van der Waals surface area contributed by atoms with E-state index in [0.717, 1.165) is 32.1 Å². The molecule has 1 aliphatic rings. The molecule has 0 spiro atoms. The fourth-order valence-corrected chi connectivity index (χ4v) is 2.35. The predicted octanol–water partition coefficient (Wildman–Crippen LogP) is 2.24. The summed E-state index contributed by atoms with van der Waals surface area (Å²) < 4.78 is 0. The highest BCUT2D eigenvalue weighted by atomic mass is 16.4. The van der Waals surface area contributed by atoms with Gasteiger partial charge in [0.05, 0.1) is 12.0 Å². The topological polar surface area (TPSA) is 57.5 Å². The Labute approximate surface area is 91.5 Å². The standard InChI is InChI=1S/C12H21O3/c1-2-3-8-11(13)9-6-4-5-7-10(9)12(14)15/h4,9-11,13H,2-3,5-8H2,1H3,(H,14,15). The Bertz CT molecular complexity index is 203. The number of carboxylic acid groups (broad SMARTS) is 1. The van der Waals surface area contributed by atoms with Crippen LogP contribution in [0.1, 0.15) is 45.4 Å². The van der Waals surface area contributed by atoms with E-state index in [1.165, 1.54) is 0 Å². The van der Waals surface area contributed by atoms with Crippen molar-refractivity contribution in [2.75, 3.05) is 0 Å². The van der Waals surface area contributed by atoms with Gasteiger partial charge in [0.2, 0.25) is 0 Å². The predicted molar refractivity (Wildman–Crippen MR) is 58.3 cm³/mol. The largest absolute Gasteiger partial charge is 0.481 e. The average molecular weight is 213 g/mol. The molecule has 1 saturated carbocycles. The fraction of sp³-hybridized carbons (Fsp3) is 0.833. The zero-order valence-electron chi connectivity index (χ0n) is 9.35. The summed E-state index contributed by atoms with van der Waals surface area (Å²) in [6, 6.07) is 0. The molecule has 0 saturated heterocycles. The summed E-state index contributed by atoms with van der Waals surface area (Å²) in [5, 5.41) is 19.0. The fourth-order valence-electron chi connectivity index (χ4n) is 2.35. The van der Waals surface area contributed by atoms with E-state index in [0.29, 0.717) is 6.42 Å². The lowest BCUT2D eigenvalue weighted by molar-refractivity contribution is -0.146. The number of carbonyl (C=O) groups is 1. The highest BCUT2D eigenvalue weighted by Crippen LogP contribution is 2.33. The molecule has 2 N–H and O–H groups in total. The van der Waals surface area contributed by atoms with Crippen LogP contribution in [-0.4, -0.2) is 22.3 Å². The summed E-state index contributed by atoms with van der Waals surface area (Å²) in [6.07, 6.45) is 6.73. The Kier molecular flexibility index (Phi) is 5.09. The maximum Gasteiger partial charge on any atom is 0.306 e. The second kappa shape index (κ2) is 6.11. The Morgan fingerprint density at radius 1 is 1.60 bits per heavy atom. The van der Waals surface area contributed by atoms with Gasteiger partial charge >= 0.3 is 5.97 Å². The molecule has 0 amide bonds. The van der Waals surface area contributed by atoms with Gasteiger partial charge in [-0.3, -0.25) is 4.79 Å². The van der Waals surface area contributed by atoms with Crippen molar-refractivity contribution >= 4 is 5.97 Å². The van der Waals surface area contributed by atoms with Crippen molar-refractivity contribution < 1.29 is 15.0 Å². The van der Waals surface area contributed by atoms with Crippen molar-refractivity contribution in [3.8, 4) is 0 Å². The normalized spacial score (nSPS) is 28.7. The van der Waals surface area contributed by atoms with E-state index in [-0.39, 0.29) is 11.8 Å². The number of hydrogen-bond donors (Lipinski definition) is 2. The minimum Gasteiger partial charge on any atom is -0.481 e. The molecular formula is C12H21O3. The maximum absolute atomic E-state index is 11.0. The first-order valence-electron chi connectivity index (χ1n) is 5.89. The molecule has 3 unspecified atom stereocenters. The van der Waals surface area contributed by atoms with Crippen molar-refractivity contribution in [2.24, 2.45) is 11.8 Å². The van der Waals surface area contributed by atoms with Gasteiger partial charge in [-0.15, -0.1) is 0 Å². The van der Waals surface area contributed by atoms with Gasteiger partial charge in [-0.25, -0.2) is 0 Å². The molecule has 1 aliphatic carbocycles. The van der Waals surface area contributed by atoms with Crippen LogP contribution in [0.5, 0.6) is 0 Å². The van der Waals surface area contributed by atoms with Crippen molar-refractivity contribution in [2.45, 2.75) is 51.6 Å². The van der Waals surface area contributed by atoms with E-state index in [1.807, 2.05) is 0 Å². The molecule has 3 atom stereocenters. The third-order valence-corrected chi connectivity index (χ3v) is 3.30. The number of carboxylic acids is 1. The summed E-state index contributed by atoms with van der Waals surface area (Å²) in [4.78, 5) is 11.0. The summed E-state index contributed by atoms with van der Waals surface area (Å²) in [7, 11) is 0. The molecule has 0 aliphatic heterocycles. The van der Waals surface area contributed by atoms with Crippen molar-refractivity contribution in [3.63, 3.8) is 0 Å². The first-order chi connectivity index (χ1) is 7.16. The first kappa shape index (κ1) is 12.5. The number of rotatable bonds is 5. The number of aliphatic hydroxyl groups excluding tert-OH is 1. The van der Waals surface area contributed by atoms with Gasteiger partial charge in [0.25, 0.3) is 0 Å². The third kappa shape index (κ3) is 3.49. The van der Waals surface area contributed by atoms with E-state index in [2.05, 4.69) is 13.3 Å². The molecule has 1 rings (SSSR count). The Morgan fingerprint density at radius 2 is 2.33 bits per heavy atom. The minimum atomic E-state index is -0.747. The Morgan fingerprint density at radius 3 is 2.93 bits per heavy atom. The average Bonchev–Trinajstić information content (AvgIpc) is 2.25. The summed E-state index contributed by atoms with van der Waals surface area (Å²) in [5.74, 6) is -1.16. The molecule has 0 aromatic heterocycles. The molecule has 1 fully saturated rings. The van der Waals surface area contributed by atoms with Crippen LogP contribution in [0.4, 0.5) is 0 Å². The van der Waals surface area contributed by atoms with Gasteiger partial charge in [-0.2, -0.15) is 0 Å². The zero-order chi connectivity index (χ0) is 11.3. The second-order valence-corrected chi connectivity index (χ2v) is 4.42. The summed E-state index contributed by atoms with van der Waals surface area (Å²) >= 11 is 0. The van der Waals surface area contributed by atoms with Crippen molar-refractivity contribution in [3.05, 3.63) is 6.42 Å². The second-order valence-electron chi connectivity index (χ2n) is 4.42. The van der Waals surface area contributed by atoms with E-state index in [9.17, 15) is 9.90 Å². The molecule has 0 aromatic rings. The maximum atomic E-state index is 11.0. The molecule has 0 heterocycles. The van der Waals surface area contributed by atoms with E-state index in [4.69, 9.17) is 5.11 Å². The highest BCUT2D eigenvalue weighted by Gasteiger charge is 2.34. The van der Waals surface area contributed by atoms with Gasteiger partial charge in [-0.1, -0.05) is 19.8 Å². The van der Waals surface area contributed by atoms with Crippen LogP contribution in [0, 0.1) is 18.3 Å². The lowest BCUT2D eigenvalue weighted by Gasteiger charge is -2.32. The molecule has 1 radical (unpaired) electrons. The molecule has 3 heteroatoms.